The molecule has 3 aromatic rings. The summed E-state index contributed by atoms with van der Waals surface area (Å²) < 4.78 is 15.2. The van der Waals surface area contributed by atoms with Gasteiger partial charge in [-0.1, -0.05) is 12.1 Å². The third-order valence-electron chi connectivity index (χ3n) is 6.54. The van der Waals surface area contributed by atoms with Crippen LogP contribution < -0.4 is 0 Å². The first-order valence-electron chi connectivity index (χ1n) is 10.1. The Kier molecular flexibility index (Phi) is 4.24. The summed E-state index contributed by atoms with van der Waals surface area (Å²) in [4.78, 5) is 4.29. The lowest BCUT2D eigenvalue weighted by Gasteiger charge is -2.33. The molecule has 0 saturated heterocycles. The number of aromatic nitrogens is 2. The highest BCUT2D eigenvalue weighted by molar-refractivity contribution is 5.59. The summed E-state index contributed by atoms with van der Waals surface area (Å²) in [7, 11) is 0. The van der Waals surface area contributed by atoms with Gasteiger partial charge >= 0.3 is 0 Å². The Balaban J connectivity index is 1.37. The average molecular weight is 364 g/mol. The monoisotopic (exact) mass is 364 g/mol. The lowest BCUT2D eigenvalue weighted by atomic mass is 9.75. The number of rotatable bonds is 4. The van der Waals surface area contributed by atoms with Gasteiger partial charge in [-0.2, -0.15) is 0 Å². The summed E-state index contributed by atoms with van der Waals surface area (Å²) in [6.07, 6.45) is 11.9. The number of fused-ring (bicyclic) bond motifs is 1. The molecule has 1 N–H and O–H groups in total. The van der Waals surface area contributed by atoms with Crippen molar-refractivity contribution in [2.45, 2.75) is 56.5 Å². The van der Waals surface area contributed by atoms with Gasteiger partial charge < -0.3 is 9.51 Å². The molecule has 0 amide bonds. The van der Waals surface area contributed by atoms with Crippen molar-refractivity contribution in [1.29, 1.82) is 0 Å². The maximum atomic E-state index is 13.2. The van der Waals surface area contributed by atoms with Crippen molar-refractivity contribution < 1.29 is 9.50 Å². The van der Waals surface area contributed by atoms with Crippen LogP contribution in [0.4, 0.5) is 4.39 Å². The van der Waals surface area contributed by atoms with E-state index in [1.54, 1.807) is 12.1 Å². The highest BCUT2D eigenvalue weighted by atomic mass is 19.1. The van der Waals surface area contributed by atoms with Crippen LogP contribution in [0.1, 0.15) is 73.2 Å². The van der Waals surface area contributed by atoms with Gasteiger partial charge in [-0.25, -0.2) is 9.37 Å². The van der Waals surface area contributed by atoms with E-state index in [4.69, 9.17) is 0 Å². The maximum absolute atomic E-state index is 13.2. The van der Waals surface area contributed by atoms with Crippen LogP contribution in [0.5, 0.6) is 0 Å². The standard InChI is InChI=1S/C23H25FN2O/c24-19-9-7-16(8-10-19)15-1-5-18(6-2-15)23(27)22-20(17-3-4-17)11-12-26-14-25-13-21(22)26/h7-15,17-18,23,27H,1-6H2/t15?,18?,23-/m1/s1. The van der Waals surface area contributed by atoms with Crippen molar-refractivity contribution in [2.24, 2.45) is 5.92 Å². The molecular formula is C23H25FN2O. The Bertz CT molecular complexity index is 937. The first kappa shape index (κ1) is 16.9. The number of hydrogen-bond acceptors (Lipinski definition) is 2. The van der Waals surface area contributed by atoms with Gasteiger partial charge in [0.2, 0.25) is 0 Å². The van der Waals surface area contributed by atoms with Crippen molar-refractivity contribution in [3.8, 4) is 0 Å². The average Bonchev–Trinajstić information content (AvgIpc) is 3.44. The molecule has 4 heteroatoms. The minimum absolute atomic E-state index is 0.177. The number of aliphatic hydroxyl groups is 1. The second-order valence-electron chi connectivity index (χ2n) is 8.25. The summed E-state index contributed by atoms with van der Waals surface area (Å²) in [6.45, 7) is 0. The van der Waals surface area contributed by atoms with Crippen LogP contribution in [0.25, 0.3) is 5.52 Å². The zero-order valence-corrected chi connectivity index (χ0v) is 15.4. The SMILES string of the molecule is O[C@@H](c1c(C2CC2)ccn2cncc12)C1CCC(c2ccc(F)cc2)CC1. The van der Waals surface area contributed by atoms with E-state index in [9.17, 15) is 9.50 Å². The number of benzene rings is 1. The molecule has 27 heavy (non-hydrogen) atoms. The van der Waals surface area contributed by atoms with E-state index in [-0.39, 0.29) is 11.7 Å². The second-order valence-corrected chi connectivity index (χ2v) is 8.25. The maximum Gasteiger partial charge on any atom is 0.123 e. The Hall–Kier alpha value is -2.20. The number of pyridine rings is 1. The molecule has 2 aliphatic rings. The zero-order chi connectivity index (χ0) is 18.4. The molecule has 140 valence electrons. The second kappa shape index (κ2) is 6.75. The molecule has 0 radical (unpaired) electrons. The predicted octanol–water partition coefficient (Wildman–Crippen LogP) is 5.36. The Labute approximate surface area is 158 Å². The summed E-state index contributed by atoms with van der Waals surface area (Å²) in [5.74, 6) is 1.18. The summed E-state index contributed by atoms with van der Waals surface area (Å²) in [5.41, 5.74) is 4.69. The van der Waals surface area contributed by atoms with E-state index >= 15 is 0 Å². The van der Waals surface area contributed by atoms with Gasteiger partial charge in [0.1, 0.15) is 5.82 Å². The molecule has 2 saturated carbocycles. The van der Waals surface area contributed by atoms with Crippen molar-refractivity contribution in [3.05, 3.63) is 71.6 Å². The summed E-state index contributed by atoms with van der Waals surface area (Å²) in [6, 6.07) is 9.11. The normalized spacial score (nSPS) is 24.2. The minimum Gasteiger partial charge on any atom is -0.388 e. The zero-order valence-electron chi connectivity index (χ0n) is 15.4. The molecule has 0 unspecified atom stereocenters. The third kappa shape index (κ3) is 3.16. The van der Waals surface area contributed by atoms with E-state index in [2.05, 4.69) is 17.2 Å². The van der Waals surface area contributed by atoms with Crippen LogP contribution in [0.3, 0.4) is 0 Å². The Morgan fingerprint density at radius 1 is 0.963 bits per heavy atom. The fraction of sp³-hybridized carbons (Fsp3) is 0.435. The third-order valence-corrected chi connectivity index (χ3v) is 6.54. The number of halogens is 1. The quantitative estimate of drug-likeness (QED) is 0.677. The molecule has 2 fully saturated rings. The Morgan fingerprint density at radius 2 is 1.67 bits per heavy atom. The molecule has 2 heterocycles. The largest absolute Gasteiger partial charge is 0.388 e. The van der Waals surface area contributed by atoms with E-state index in [0.29, 0.717) is 11.8 Å². The van der Waals surface area contributed by atoms with Gasteiger partial charge in [-0.15, -0.1) is 0 Å². The molecule has 1 aromatic carbocycles. The smallest absolute Gasteiger partial charge is 0.123 e. The van der Waals surface area contributed by atoms with E-state index in [1.165, 1.54) is 24.0 Å². The van der Waals surface area contributed by atoms with Gasteiger partial charge in [0, 0.05) is 11.8 Å². The van der Waals surface area contributed by atoms with Crippen LogP contribution >= 0.6 is 0 Å². The summed E-state index contributed by atoms with van der Waals surface area (Å²) >= 11 is 0. The van der Waals surface area contributed by atoms with Crippen LogP contribution in [0.2, 0.25) is 0 Å². The summed E-state index contributed by atoms with van der Waals surface area (Å²) in [5, 5.41) is 11.3. The molecule has 5 rings (SSSR count). The Morgan fingerprint density at radius 3 is 2.37 bits per heavy atom. The van der Waals surface area contributed by atoms with Gasteiger partial charge in [-0.05, 0) is 85.6 Å². The number of imidazole rings is 1. The van der Waals surface area contributed by atoms with Gasteiger partial charge in [0.25, 0.3) is 0 Å². The lowest BCUT2D eigenvalue weighted by Crippen LogP contribution is -2.21. The number of nitrogens with zero attached hydrogens (tertiary/aromatic N) is 2. The molecule has 2 aliphatic carbocycles. The van der Waals surface area contributed by atoms with Crippen LogP contribution in [0, 0.1) is 11.7 Å². The van der Waals surface area contributed by atoms with E-state index in [1.807, 2.05) is 29.1 Å². The van der Waals surface area contributed by atoms with Gasteiger partial charge in [0.05, 0.1) is 24.1 Å². The molecule has 0 bridgehead atoms. The van der Waals surface area contributed by atoms with Crippen LogP contribution in [-0.2, 0) is 0 Å². The number of aliphatic hydroxyl groups excluding tert-OH is 1. The highest BCUT2D eigenvalue weighted by Gasteiger charge is 2.34. The van der Waals surface area contributed by atoms with Crippen molar-refractivity contribution in [3.63, 3.8) is 0 Å². The van der Waals surface area contributed by atoms with Gasteiger partial charge in [0.15, 0.2) is 0 Å². The van der Waals surface area contributed by atoms with Crippen LogP contribution in [-0.4, -0.2) is 14.5 Å². The van der Waals surface area contributed by atoms with E-state index in [0.717, 1.165) is 36.8 Å². The van der Waals surface area contributed by atoms with Crippen molar-refractivity contribution >= 4 is 5.52 Å². The molecule has 0 aliphatic heterocycles. The lowest BCUT2D eigenvalue weighted by molar-refractivity contribution is 0.0810. The first-order chi connectivity index (χ1) is 13.2. The fourth-order valence-electron chi connectivity index (χ4n) is 4.84. The highest BCUT2D eigenvalue weighted by Crippen LogP contribution is 2.47. The molecular weight excluding hydrogens is 339 g/mol. The van der Waals surface area contributed by atoms with Crippen molar-refractivity contribution in [2.75, 3.05) is 0 Å². The molecule has 0 spiro atoms. The van der Waals surface area contributed by atoms with Crippen LogP contribution in [0.15, 0.2) is 49.1 Å². The first-order valence-corrected chi connectivity index (χ1v) is 10.1. The van der Waals surface area contributed by atoms with E-state index < -0.39 is 6.10 Å². The minimum atomic E-state index is -0.435. The topological polar surface area (TPSA) is 37.5 Å². The molecule has 2 aromatic heterocycles. The predicted molar refractivity (Wildman–Crippen MR) is 103 cm³/mol. The van der Waals surface area contributed by atoms with Gasteiger partial charge in [-0.3, -0.25) is 0 Å². The van der Waals surface area contributed by atoms with Crippen molar-refractivity contribution in [1.82, 2.24) is 9.38 Å². The molecule has 1 atom stereocenters. The molecule has 3 nitrogen and oxygen atoms in total. The fourth-order valence-corrected chi connectivity index (χ4v) is 4.84. The number of hydrogen-bond donors (Lipinski definition) is 1.